The van der Waals surface area contributed by atoms with Crippen LogP contribution in [0.15, 0.2) is 42.5 Å². The Morgan fingerprint density at radius 2 is 1.76 bits per heavy atom. The number of anilines is 1. The third-order valence-corrected chi connectivity index (χ3v) is 5.60. The fraction of sp³-hybridized carbons (Fsp3) is 0.391. The van der Waals surface area contributed by atoms with E-state index in [9.17, 15) is 14.0 Å². The van der Waals surface area contributed by atoms with Crippen molar-refractivity contribution in [3.8, 4) is 0 Å². The van der Waals surface area contributed by atoms with Gasteiger partial charge in [0.25, 0.3) is 5.91 Å². The van der Waals surface area contributed by atoms with E-state index in [1.165, 1.54) is 6.07 Å². The smallest absolute Gasteiger partial charge is 0.321 e. The van der Waals surface area contributed by atoms with Crippen molar-refractivity contribution in [1.29, 1.82) is 0 Å². The predicted molar refractivity (Wildman–Crippen MR) is 111 cm³/mol. The van der Waals surface area contributed by atoms with Gasteiger partial charge in [-0.2, -0.15) is 0 Å². The first-order valence-corrected chi connectivity index (χ1v) is 10.2. The Morgan fingerprint density at radius 3 is 2.48 bits per heavy atom. The summed E-state index contributed by atoms with van der Waals surface area (Å²) in [6, 6.07) is 12.2. The van der Waals surface area contributed by atoms with Gasteiger partial charge < -0.3 is 15.1 Å². The zero-order chi connectivity index (χ0) is 20.4. The zero-order valence-electron chi connectivity index (χ0n) is 16.7. The lowest BCUT2D eigenvalue weighted by Crippen LogP contribution is -2.39. The molecule has 2 fully saturated rings. The predicted octanol–water partition coefficient (Wildman–Crippen LogP) is 4.39. The van der Waals surface area contributed by atoms with Gasteiger partial charge in [0, 0.05) is 37.4 Å². The van der Waals surface area contributed by atoms with E-state index in [2.05, 4.69) is 5.32 Å². The van der Waals surface area contributed by atoms with Crippen LogP contribution >= 0.6 is 0 Å². The number of carbonyl (C=O) groups excluding carboxylic acids is 2. The van der Waals surface area contributed by atoms with Crippen molar-refractivity contribution in [3.63, 3.8) is 0 Å². The molecule has 1 aliphatic heterocycles. The molecule has 0 aromatic heterocycles. The van der Waals surface area contributed by atoms with Gasteiger partial charge in [-0.1, -0.05) is 23.8 Å². The van der Waals surface area contributed by atoms with Gasteiger partial charge in [0.2, 0.25) is 0 Å². The maximum Gasteiger partial charge on any atom is 0.321 e. The van der Waals surface area contributed by atoms with Gasteiger partial charge in [-0.15, -0.1) is 0 Å². The van der Waals surface area contributed by atoms with E-state index in [-0.39, 0.29) is 17.8 Å². The van der Waals surface area contributed by atoms with E-state index in [1.54, 1.807) is 21.9 Å². The fourth-order valence-electron chi connectivity index (χ4n) is 3.82. The second-order valence-corrected chi connectivity index (χ2v) is 7.94. The Bertz CT molecular complexity index is 926. The molecule has 29 heavy (non-hydrogen) atoms. The first-order valence-electron chi connectivity index (χ1n) is 10.2. The van der Waals surface area contributed by atoms with Crippen molar-refractivity contribution in [1.82, 2.24) is 9.80 Å². The largest absolute Gasteiger partial charge is 0.337 e. The van der Waals surface area contributed by atoms with Gasteiger partial charge in [-0.25, -0.2) is 9.18 Å². The van der Waals surface area contributed by atoms with Crippen molar-refractivity contribution in [2.45, 2.75) is 32.1 Å². The monoisotopic (exact) mass is 395 g/mol. The first-order chi connectivity index (χ1) is 14.0. The molecule has 1 saturated carbocycles. The minimum Gasteiger partial charge on any atom is -0.337 e. The minimum absolute atomic E-state index is 0.00584. The summed E-state index contributed by atoms with van der Waals surface area (Å²) >= 11 is 0. The molecule has 1 aliphatic carbocycles. The highest BCUT2D eigenvalue weighted by Gasteiger charge is 2.27. The van der Waals surface area contributed by atoms with Crippen molar-refractivity contribution in [3.05, 3.63) is 65.0 Å². The number of hydrogen-bond acceptors (Lipinski definition) is 2. The van der Waals surface area contributed by atoms with Crippen molar-refractivity contribution in [2.75, 3.05) is 31.5 Å². The van der Waals surface area contributed by atoms with Crippen molar-refractivity contribution < 1.29 is 14.0 Å². The van der Waals surface area contributed by atoms with Crippen LogP contribution in [0.25, 0.3) is 0 Å². The third-order valence-electron chi connectivity index (χ3n) is 5.60. The quantitative estimate of drug-likeness (QED) is 0.838. The SMILES string of the molecule is Cc1cccc(C(=O)N2CCCN(C(=O)Nc3ccc(C4CC4)c(F)c3)CC2)c1. The highest BCUT2D eigenvalue weighted by Crippen LogP contribution is 2.41. The molecule has 0 bridgehead atoms. The van der Waals surface area contributed by atoms with E-state index in [4.69, 9.17) is 0 Å². The second-order valence-electron chi connectivity index (χ2n) is 7.94. The average Bonchev–Trinajstić information content (AvgIpc) is 3.54. The molecule has 3 amide bonds. The summed E-state index contributed by atoms with van der Waals surface area (Å²) in [4.78, 5) is 28.9. The average molecular weight is 395 g/mol. The van der Waals surface area contributed by atoms with Gasteiger partial charge >= 0.3 is 6.03 Å². The first kappa shape index (κ1) is 19.4. The Kier molecular flexibility index (Phi) is 5.51. The van der Waals surface area contributed by atoms with Crippen LogP contribution < -0.4 is 5.32 Å². The Labute approximate surface area is 170 Å². The molecular weight excluding hydrogens is 369 g/mol. The summed E-state index contributed by atoms with van der Waals surface area (Å²) in [6.07, 6.45) is 2.78. The summed E-state index contributed by atoms with van der Waals surface area (Å²) in [7, 11) is 0. The van der Waals surface area contributed by atoms with Crippen LogP contribution in [0.3, 0.4) is 0 Å². The highest BCUT2D eigenvalue weighted by molar-refractivity contribution is 5.94. The third kappa shape index (κ3) is 4.58. The highest BCUT2D eigenvalue weighted by atomic mass is 19.1. The fourth-order valence-corrected chi connectivity index (χ4v) is 3.82. The number of urea groups is 1. The summed E-state index contributed by atoms with van der Waals surface area (Å²) in [5, 5.41) is 2.79. The summed E-state index contributed by atoms with van der Waals surface area (Å²) < 4.78 is 14.2. The molecule has 2 aromatic carbocycles. The van der Waals surface area contributed by atoms with Crippen LogP contribution in [0, 0.1) is 12.7 Å². The van der Waals surface area contributed by atoms with Crippen molar-refractivity contribution in [2.24, 2.45) is 0 Å². The van der Waals surface area contributed by atoms with E-state index in [0.717, 1.165) is 24.0 Å². The standard InChI is InChI=1S/C23H26FN3O2/c1-16-4-2-5-18(14-16)22(28)26-10-3-11-27(13-12-26)23(29)25-19-8-9-20(17-6-7-17)21(24)15-19/h2,4-5,8-9,14-15,17H,3,6-7,10-13H2,1H3,(H,25,29). The van der Waals surface area contributed by atoms with Crippen LogP contribution in [-0.4, -0.2) is 47.9 Å². The number of halogens is 1. The van der Waals surface area contributed by atoms with Crippen LogP contribution in [0.2, 0.25) is 0 Å². The number of hydrogen-bond donors (Lipinski definition) is 1. The van der Waals surface area contributed by atoms with Crippen LogP contribution in [0.4, 0.5) is 14.9 Å². The molecule has 4 rings (SSSR count). The molecule has 0 spiro atoms. The van der Waals surface area contributed by atoms with E-state index >= 15 is 0 Å². The molecule has 0 radical (unpaired) electrons. The van der Waals surface area contributed by atoms with Crippen LogP contribution in [0.1, 0.15) is 46.7 Å². The molecule has 2 aliphatic rings. The molecule has 152 valence electrons. The molecule has 2 aromatic rings. The maximum absolute atomic E-state index is 14.2. The second kappa shape index (κ2) is 8.23. The lowest BCUT2D eigenvalue weighted by atomic mass is 10.1. The molecule has 0 atom stereocenters. The number of nitrogens with one attached hydrogen (secondary N) is 1. The summed E-state index contributed by atoms with van der Waals surface area (Å²) in [5.74, 6) is 0.0760. The van der Waals surface area contributed by atoms with Gasteiger partial charge in [0.05, 0.1) is 0 Å². The molecular formula is C23H26FN3O2. The molecule has 6 heteroatoms. The number of aryl methyl sites for hydroxylation is 1. The number of nitrogens with zero attached hydrogens (tertiary/aromatic N) is 2. The Morgan fingerprint density at radius 1 is 1.00 bits per heavy atom. The molecule has 1 heterocycles. The molecule has 0 unspecified atom stereocenters. The van der Waals surface area contributed by atoms with E-state index < -0.39 is 0 Å². The number of benzene rings is 2. The van der Waals surface area contributed by atoms with Gasteiger partial charge in [0.15, 0.2) is 0 Å². The zero-order valence-corrected chi connectivity index (χ0v) is 16.7. The Hall–Kier alpha value is -2.89. The topological polar surface area (TPSA) is 52.7 Å². The molecule has 1 saturated heterocycles. The lowest BCUT2D eigenvalue weighted by molar-refractivity contribution is 0.0762. The van der Waals surface area contributed by atoms with E-state index in [1.807, 2.05) is 31.2 Å². The number of amides is 3. The minimum atomic E-state index is -0.256. The van der Waals surface area contributed by atoms with Gasteiger partial charge in [-0.3, -0.25) is 4.79 Å². The Balaban J connectivity index is 1.36. The van der Waals surface area contributed by atoms with Crippen molar-refractivity contribution >= 4 is 17.6 Å². The number of carbonyl (C=O) groups is 2. The lowest BCUT2D eigenvalue weighted by Gasteiger charge is -2.23. The summed E-state index contributed by atoms with van der Waals surface area (Å²) in [6.45, 7) is 4.07. The van der Waals surface area contributed by atoms with Crippen LogP contribution in [0.5, 0.6) is 0 Å². The number of rotatable bonds is 3. The summed E-state index contributed by atoms with van der Waals surface area (Å²) in [5.41, 5.74) is 2.93. The maximum atomic E-state index is 14.2. The van der Waals surface area contributed by atoms with Gasteiger partial charge in [-0.05, 0) is 61.9 Å². The molecule has 5 nitrogen and oxygen atoms in total. The van der Waals surface area contributed by atoms with E-state index in [0.29, 0.717) is 49.8 Å². The normalized spacial score (nSPS) is 17.0. The van der Waals surface area contributed by atoms with Crippen LogP contribution in [-0.2, 0) is 0 Å². The molecule has 1 N–H and O–H groups in total. The van der Waals surface area contributed by atoms with Gasteiger partial charge in [0.1, 0.15) is 5.82 Å².